The summed E-state index contributed by atoms with van der Waals surface area (Å²) < 4.78 is 0. The van der Waals surface area contributed by atoms with Crippen LogP contribution < -0.4 is 5.32 Å². The van der Waals surface area contributed by atoms with Crippen molar-refractivity contribution in [1.29, 1.82) is 0 Å². The molecule has 0 saturated heterocycles. The van der Waals surface area contributed by atoms with Gasteiger partial charge in [-0.3, -0.25) is 14.4 Å². The van der Waals surface area contributed by atoms with Crippen molar-refractivity contribution in [3.05, 3.63) is 54.6 Å². The number of anilines is 1. The molecule has 0 heterocycles. The van der Waals surface area contributed by atoms with Gasteiger partial charge >= 0.3 is 0 Å². The Morgan fingerprint density at radius 3 is 2.18 bits per heavy atom. The first-order chi connectivity index (χ1) is 13.2. The Morgan fingerprint density at radius 2 is 1.54 bits per heavy atom. The van der Waals surface area contributed by atoms with E-state index in [4.69, 9.17) is 0 Å². The normalized spacial score (nSPS) is 27.8. The van der Waals surface area contributed by atoms with E-state index in [1.165, 1.54) is 0 Å². The molecule has 144 valence electrons. The molecule has 2 fully saturated rings. The smallest absolute Gasteiger partial charge is 0.239 e. The lowest BCUT2D eigenvalue weighted by Crippen LogP contribution is -2.47. The summed E-state index contributed by atoms with van der Waals surface area (Å²) in [6.07, 6.45) is 0.985. The molecule has 2 aromatic carbocycles. The molecule has 5 heteroatoms. The highest BCUT2D eigenvalue weighted by atomic mass is 32.2. The third-order valence-electron chi connectivity index (χ3n) is 7.04. The van der Waals surface area contributed by atoms with Crippen molar-refractivity contribution >= 4 is 34.9 Å². The van der Waals surface area contributed by atoms with E-state index < -0.39 is 27.8 Å². The number of amides is 1. The van der Waals surface area contributed by atoms with Gasteiger partial charge in [-0.2, -0.15) is 0 Å². The third kappa shape index (κ3) is 2.35. The lowest BCUT2D eigenvalue weighted by molar-refractivity contribution is -0.147. The second-order valence-electron chi connectivity index (χ2n) is 8.39. The van der Waals surface area contributed by atoms with E-state index in [1.54, 1.807) is 11.8 Å². The van der Waals surface area contributed by atoms with E-state index in [0.29, 0.717) is 18.5 Å². The van der Waals surface area contributed by atoms with Gasteiger partial charge in [-0.25, -0.2) is 0 Å². The first kappa shape index (κ1) is 18.9. The van der Waals surface area contributed by atoms with Crippen molar-refractivity contribution in [2.75, 3.05) is 5.32 Å². The van der Waals surface area contributed by atoms with Gasteiger partial charge in [0.2, 0.25) is 17.5 Å². The molecule has 0 aromatic heterocycles. The van der Waals surface area contributed by atoms with Crippen LogP contribution in [0.2, 0.25) is 0 Å². The number of benzene rings is 2. The van der Waals surface area contributed by atoms with Crippen molar-refractivity contribution < 1.29 is 14.4 Å². The molecule has 2 atom stereocenters. The number of para-hydroxylation sites is 1. The van der Waals surface area contributed by atoms with Crippen LogP contribution in [0.25, 0.3) is 0 Å². The van der Waals surface area contributed by atoms with Crippen LogP contribution in [0.15, 0.2) is 64.4 Å². The molecule has 0 unspecified atom stereocenters. The molecule has 4 nitrogen and oxygen atoms in total. The maximum atomic E-state index is 13.4. The van der Waals surface area contributed by atoms with Crippen molar-refractivity contribution in [3.8, 4) is 0 Å². The Morgan fingerprint density at radius 1 is 0.893 bits per heavy atom. The Bertz CT molecular complexity index is 984. The molecule has 0 spiro atoms. The van der Waals surface area contributed by atoms with Crippen LogP contribution in [-0.4, -0.2) is 17.5 Å². The highest BCUT2D eigenvalue weighted by Crippen LogP contribution is 2.69. The average Bonchev–Trinajstić information content (AvgIpc) is 2.96. The molecule has 1 N–H and O–H groups in total. The molecule has 1 amide bonds. The van der Waals surface area contributed by atoms with Gasteiger partial charge in [0.15, 0.2) is 0 Å². The number of fused-ring (bicyclic) bond motifs is 2. The zero-order valence-corrected chi connectivity index (χ0v) is 17.1. The minimum Gasteiger partial charge on any atom is -0.324 e. The topological polar surface area (TPSA) is 63.2 Å². The van der Waals surface area contributed by atoms with E-state index in [2.05, 4.69) is 5.32 Å². The van der Waals surface area contributed by atoms with Crippen LogP contribution in [0.3, 0.4) is 0 Å². The van der Waals surface area contributed by atoms with E-state index >= 15 is 0 Å². The predicted octanol–water partition coefficient (Wildman–Crippen LogP) is 4.74. The minimum absolute atomic E-state index is 0.363. The molecule has 0 radical (unpaired) electrons. The van der Waals surface area contributed by atoms with Crippen LogP contribution in [0, 0.1) is 16.2 Å². The molecular weight excluding hydrogens is 370 g/mol. The largest absolute Gasteiger partial charge is 0.324 e. The molecule has 2 aromatic rings. The Balaban J connectivity index is 1.67. The zero-order chi connectivity index (χ0) is 20.2. The molecular formula is C23H23NO3S. The van der Waals surface area contributed by atoms with Crippen molar-refractivity contribution in [2.24, 2.45) is 16.2 Å². The van der Waals surface area contributed by atoms with Crippen LogP contribution in [0.4, 0.5) is 5.69 Å². The number of nitrogens with one attached hydrogen (secondary N) is 1. The van der Waals surface area contributed by atoms with Gasteiger partial charge < -0.3 is 5.32 Å². The molecule has 2 bridgehead atoms. The molecule has 2 saturated carbocycles. The maximum absolute atomic E-state index is 13.4. The maximum Gasteiger partial charge on any atom is 0.239 e. The summed E-state index contributed by atoms with van der Waals surface area (Å²) in [6.45, 7) is 5.59. The summed E-state index contributed by atoms with van der Waals surface area (Å²) in [7, 11) is 0. The SMILES string of the molecule is CC1(C)[C@@]2(C(=O)Nc3ccccc3Sc3ccccc3)CC[C@@]1(C)C(=O)C2=O. The van der Waals surface area contributed by atoms with Crippen LogP contribution in [0.5, 0.6) is 0 Å². The first-order valence-corrected chi connectivity index (χ1v) is 10.3. The number of ketones is 2. The van der Waals surface area contributed by atoms with Crippen molar-refractivity contribution in [1.82, 2.24) is 0 Å². The number of carbonyl (C=O) groups is 3. The van der Waals surface area contributed by atoms with E-state index in [0.717, 1.165) is 9.79 Å². The van der Waals surface area contributed by atoms with Crippen LogP contribution >= 0.6 is 11.8 Å². The molecule has 28 heavy (non-hydrogen) atoms. The van der Waals surface area contributed by atoms with Gasteiger partial charge in [0, 0.05) is 15.2 Å². The average molecular weight is 394 g/mol. The Hall–Kier alpha value is -2.40. The standard InChI is InChI=1S/C23H23NO3S/c1-21(2)22(3)13-14-23(21,19(26)18(22)25)20(27)24-16-11-7-8-12-17(16)28-15-9-5-4-6-10-15/h4-12H,13-14H2,1-3H3,(H,24,27)/t22-,23-/m0/s1. The highest BCUT2D eigenvalue weighted by molar-refractivity contribution is 7.99. The van der Waals surface area contributed by atoms with Crippen LogP contribution in [0.1, 0.15) is 33.6 Å². The minimum atomic E-state index is -1.29. The predicted molar refractivity (Wildman–Crippen MR) is 109 cm³/mol. The number of carbonyl (C=O) groups excluding carboxylic acids is 3. The monoisotopic (exact) mass is 393 g/mol. The second-order valence-corrected chi connectivity index (χ2v) is 9.50. The quantitative estimate of drug-likeness (QED) is 0.602. The fourth-order valence-corrected chi connectivity index (χ4v) is 5.70. The summed E-state index contributed by atoms with van der Waals surface area (Å²) in [6, 6.07) is 17.4. The highest BCUT2D eigenvalue weighted by Gasteiger charge is 2.77. The van der Waals surface area contributed by atoms with Gasteiger partial charge in [-0.05, 0) is 42.5 Å². The van der Waals surface area contributed by atoms with E-state index in [9.17, 15) is 14.4 Å². The van der Waals surface area contributed by atoms with E-state index in [-0.39, 0.29) is 5.91 Å². The summed E-state index contributed by atoms with van der Waals surface area (Å²) in [5, 5.41) is 2.98. The van der Waals surface area contributed by atoms with Gasteiger partial charge in [-0.1, -0.05) is 62.9 Å². The summed E-state index contributed by atoms with van der Waals surface area (Å²) in [5.41, 5.74) is -2.10. The molecule has 2 aliphatic carbocycles. The lowest BCUT2D eigenvalue weighted by Gasteiger charge is -2.37. The van der Waals surface area contributed by atoms with Crippen molar-refractivity contribution in [2.45, 2.75) is 43.4 Å². The number of hydrogen-bond acceptors (Lipinski definition) is 4. The van der Waals surface area contributed by atoms with Gasteiger partial charge in [-0.15, -0.1) is 0 Å². The molecule has 4 rings (SSSR count). The summed E-state index contributed by atoms with van der Waals surface area (Å²) in [5.74, 6) is -1.29. The van der Waals surface area contributed by atoms with Crippen LogP contribution in [-0.2, 0) is 14.4 Å². The molecule has 2 aliphatic rings. The van der Waals surface area contributed by atoms with Gasteiger partial charge in [0.05, 0.1) is 5.69 Å². The number of rotatable bonds is 4. The second kappa shape index (κ2) is 6.31. The number of Topliss-reactive ketones (excluding diaryl/α,β-unsaturated/α-hetero) is 2. The summed E-state index contributed by atoms with van der Waals surface area (Å²) >= 11 is 1.55. The number of hydrogen-bond donors (Lipinski definition) is 1. The lowest BCUT2D eigenvalue weighted by atomic mass is 9.64. The fraction of sp³-hybridized carbons (Fsp3) is 0.348. The third-order valence-corrected chi connectivity index (χ3v) is 8.12. The molecule has 0 aliphatic heterocycles. The Kier molecular flexibility index (Phi) is 4.27. The zero-order valence-electron chi connectivity index (χ0n) is 16.2. The van der Waals surface area contributed by atoms with E-state index in [1.807, 2.05) is 75.4 Å². The van der Waals surface area contributed by atoms with Crippen molar-refractivity contribution in [3.63, 3.8) is 0 Å². The fourth-order valence-electron chi connectivity index (χ4n) is 4.78. The first-order valence-electron chi connectivity index (χ1n) is 9.47. The van der Waals surface area contributed by atoms with Gasteiger partial charge in [0.1, 0.15) is 5.41 Å². The van der Waals surface area contributed by atoms with Gasteiger partial charge in [0.25, 0.3) is 0 Å². The Labute approximate surface area is 169 Å². The summed E-state index contributed by atoms with van der Waals surface area (Å²) in [4.78, 5) is 40.9.